The van der Waals surface area contributed by atoms with Gasteiger partial charge in [0.05, 0.1) is 19.1 Å². The smallest absolute Gasteiger partial charge is 0.228 e. The molecule has 162 valence electrons. The number of benzene rings is 2. The third-order valence-corrected chi connectivity index (χ3v) is 6.59. The monoisotopic (exact) mass is 430 g/mol. The molecule has 2 amide bonds. The molecule has 6 rings (SSSR count). The molecule has 9 heteroatoms. The first kappa shape index (κ1) is 19.1. The highest BCUT2D eigenvalue weighted by Gasteiger charge is 2.39. The molecule has 9 nitrogen and oxygen atoms in total. The molecule has 2 saturated heterocycles. The van der Waals surface area contributed by atoms with Crippen molar-refractivity contribution in [3.8, 4) is 11.1 Å². The summed E-state index contributed by atoms with van der Waals surface area (Å²) in [7, 11) is 0. The molecule has 2 aliphatic heterocycles. The first-order chi connectivity index (χ1) is 15.7. The fourth-order valence-corrected chi connectivity index (χ4v) is 4.99. The van der Waals surface area contributed by atoms with Crippen LogP contribution in [0.25, 0.3) is 11.1 Å². The Hall–Kier alpha value is -3.59. The van der Waals surface area contributed by atoms with E-state index in [9.17, 15) is 9.59 Å². The largest absolute Gasteiger partial charge is 0.366 e. The quantitative estimate of drug-likeness (QED) is 0.531. The number of morpholine rings is 1. The Balaban J connectivity index is 1.17. The first-order valence-electron chi connectivity index (χ1n) is 10.8. The number of ether oxygens (including phenoxy) is 1. The Labute approximate surface area is 184 Å². The molecule has 1 aromatic heterocycles. The van der Waals surface area contributed by atoms with Gasteiger partial charge in [0.1, 0.15) is 6.10 Å². The second-order valence-corrected chi connectivity index (χ2v) is 8.49. The summed E-state index contributed by atoms with van der Waals surface area (Å²) < 4.78 is 5.69. The number of anilines is 1. The van der Waals surface area contributed by atoms with Gasteiger partial charge in [-0.25, -0.2) is 0 Å². The molecule has 32 heavy (non-hydrogen) atoms. The maximum atomic E-state index is 13.2. The van der Waals surface area contributed by atoms with Crippen molar-refractivity contribution in [2.24, 2.45) is 5.92 Å². The van der Waals surface area contributed by atoms with E-state index in [-0.39, 0.29) is 24.2 Å². The minimum atomic E-state index is -0.405. The van der Waals surface area contributed by atoms with Crippen LogP contribution in [0.15, 0.2) is 42.5 Å². The number of hydrogen-bond donors (Lipinski definition) is 1. The summed E-state index contributed by atoms with van der Waals surface area (Å²) in [5.41, 5.74) is 5.89. The molecule has 3 heterocycles. The molecule has 2 aromatic carbocycles. The average Bonchev–Trinajstić information content (AvgIpc) is 3.56. The van der Waals surface area contributed by atoms with E-state index in [2.05, 4.69) is 57.0 Å². The lowest BCUT2D eigenvalue weighted by Gasteiger charge is -2.33. The predicted molar refractivity (Wildman–Crippen MR) is 115 cm³/mol. The summed E-state index contributed by atoms with van der Waals surface area (Å²) in [5.74, 6) is 0.0377. The van der Waals surface area contributed by atoms with Crippen LogP contribution in [0.2, 0.25) is 0 Å². The van der Waals surface area contributed by atoms with Crippen LogP contribution >= 0.6 is 0 Å². The minimum Gasteiger partial charge on any atom is -0.366 e. The molecule has 2 atom stereocenters. The van der Waals surface area contributed by atoms with Crippen LogP contribution in [-0.4, -0.2) is 63.6 Å². The molecule has 3 aliphatic rings. The summed E-state index contributed by atoms with van der Waals surface area (Å²) in [6.07, 6.45) is 0.688. The highest BCUT2D eigenvalue weighted by atomic mass is 16.5. The van der Waals surface area contributed by atoms with Gasteiger partial charge in [0.15, 0.2) is 0 Å². The van der Waals surface area contributed by atoms with E-state index in [1.54, 1.807) is 9.80 Å². The van der Waals surface area contributed by atoms with Crippen molar-refractivity contribution < 1.29 is 14.3 Å². The van der Waals surface area contributed by atoms with Crippen LogP contribution in [0.3, 0.4) is 0 Å². The van der Waals surface area contributed by atoms with Crippen LogP contribution in [0.5, 0.6) is 0 Å². The minimum absolute atomic E-state index is 0.0122. The Morgan fingerprint density at radius 1 is 1.09 bits per heavy atom. The normalized spacial score (nSPS) is 22.2. The van der Waals surface area contributed by atoms with E-state index in [1.165, 1.54) is 22.3 Å². The van der Waals surface area contributed by atoms with E-state index >= 15 is 0 Å². The molecule has 0 bridgehead atoms. The van der Waals surface area contributed by atoms with Gasteiger partial charge in [0.25, 0.3) is 0 Å². The van der Waals surface area contributed by atoms with Gasteiger partial charge < -0.3 is 14.5 Å². The highest BCUT2D eigenvalue weighted by molar-refractivity contribution is 6.00. The number of amides is 2. The van der Waals surface area contributed by atoms with Gasteiger partial charge in [-0.05, 0) is 40.8 Å². The van der Waals surface area contributed by atoms with E-state index < -0.39 is 6.10 Å². The lowest BCUT2D eigenvalue weighted by atomic mass is 10.1. The van der Waals surface area contributed by atoms with Gasteiger partial charge in [-0.2, -0.15) is 5.21 Å². The Morgan fingerprint density at radius 2 is 1.97 bits per heavy atom. The zero-order chi connectivity index (χ0) is 21.7. The van der Waals surface area contributed by atoms with Crippen molar-refractivity contribution in [2.45, 2.75) is 18.9 Å². The fourth-order valence-electron chi connectivity index (χ4n) is 4.99. The summed E-state index contributed by atoms with van der Waals surface area (Å²) in [5, 5.41) is 13.9. The van der Waals surface area contributed by atoms with Crippen LogP contribution in [-0.2, 0) is 20.7 Å². The lowest BCUT2D eigenvalue weighted by molar-refractivity contribution is -0.143. The molecule has 0 radical (unpaired) electrons. The summed E-state index contributed by atoms with van der Waals surface area (Å²) in [6.45, 7) is 1.66. The van der Waals surface area contributed by atoms with E-state index in [1.807, 2.05) is 6.07 Å². The van der Waals surface area contributed by atoms with E-state index in [4.69, 9.17) is 4.74 Å². The molecule has 2 unspecified atom stereocenters. The maximum Gasteiger partial charge on any atom is 0.228 e. The van der Waals surface area contributed by atoms with Crippen LogP contribution in [0, 0.1) is 5.92 Å². The summed E-state index contributed by atoms with van der Waals surface area (Å²) >= 11 is 0. The third-order valence-electron chi connectivity index (χ3n) is 6.59. The fraction of sp³-hybridized carbons (Fsp3) is 0.348. The van der Waals surface area contributed by atoms with E-state index in [0.717, 1.165) is 12.1 Å². The van der Waals surface area contributed by atoms with Crippen molar-refractivity contribution in [3.05, 3.63) is 59.4 Å². The zero-order valence-electron chi connectivity index (χ0n) is 17.4. The third kappa shape index (κ3) is 3.16. The van der Waals surface area contributed by atoms with Crippen molar-refractivity contribution in [1.29, 1.82) is 0 Å². The standard InChI is InChI=1S/C23H22N6O3/c30-21-11-16(23(31)28-7-8-32-20(13-28)22-24-26-27-25-22)12-29(21)17-5-6-19-15(10-17)9-14-3-1-2-4-18(14)19/h1-6,10,16,20H,7-9,11-13H2,(H,24,25,26,27). The number of rotatable bonds is 3. The molecule has 3 aromatic rings. The van der Waals surface area contributed by atoms with Crippen LogP contribution in [0.1, 0.15) is 29.5 Å². The van der Waals surface area contributed by atoms with Crippen molar-refractivity contribution in [2.75, 3.05) is 31.1 Å². The molecular weight excluding hydrogens is 408 g/mol. The second-order valence-electron chi connectivity index (χ2n) is 8.49. The van der Waals surface area contributed by atoms with Gasteiger partial charge in [-0.1, -0.05) is 35.5 Å². The maximum absolute atomic E-state index is 13.2. The molecule has 1 N–H and O–H groups in total. The molecule has 1 aliphatic carbocycles. The number of aromatic amines is 1. The number of aromatic nitrogens is 4. The van der Waals surface area contributed by atoms with Crippen LogP contribution < -0.4 is 4.90 Å². The van der Waals surface area contributed by atoms with Crippen molar-refractivity contribution in [3.63, 3.8) is 0 Å². The number of tetrazole rings is 1. The number of carbonyl (C=O) groups excluding carboxylic acids is 2. The van der Waals surface area contributed by atoms with Crippen LogP contribution in [0.4, 0.5) is 5.69 Å². The number of H-pyrrole nitrogens is 1. The molecule has 2 fully saturated rings. The number of fused-ring (bicyclic) bond motifs is 3. The van der Waals surface area contributed by atoms with E-state index in [0.29, 0.717) is 32.1 Å². The molecule has 0 saturated carbocycles. The summed E-state index contributed by atoms with van der Waals surface area (Å²) in [6, 6.07) is 14.6. The number of hydrogen-bond acceptors (Lipinski definition) is 6. The average molecular weight is 430 g/mol. The van der Waals surface area contributed by atoms with Gasteiger partial charge in [0.2, 0.25) is 17.6 Å². The SMILES string of the molecule is O=C(C1CC(=O)N(c2ccc3c(c2)Cc2ccccc2-3)C1)N1CCOC(c2nn[nH]n2)C1. The predicted octanol–water partition coefficient (Wildman–Crippen LogP) is 1.72. The lowest BCUT2D eigenvalue weighted by Crippen LogP contribution is -2.45. The topological polar surface area (TPSA) is 104 Å². The molecular formula is C23H22N6O3. The second kappa shape index (κ2) is 7.52. The number of nitrogens with one attached hydrogen (secondary N) is 1. The Kier molecular flexibility index (Phi) is 4.50. The van der Waals surface area contributed by atoms with Gasteiger partial charge >= 0.3 is 0 Å². The first-order valence-corrected chi connectivity index (χ1v) is 10.8. The Bertz CT molecular complexity index is 1190. The Morgan fingerprint density at radius 3 is 2.84 bits per heavy atom. The van der Waals surface area contributed by atoms with Crippen molar-refractivity contribution >= 4 is 17.5 Å². The zero-order valence-corrected chi connectivity index (χ0v) is 17.4. The summed E-state index contributed by atoms with van der Waals surface area (Å²) in [4.78, 5) is 29.5. The van der Waals surface area contributed by atoms with Gasteiger partial charge in [-0.15, -0.1) is 10.2 Å². The molecule has 0 spiro atoms. The number of nitrogens with zero attached hydrogens (tertiary/aromatic N) is 5. The van der Waals surface area contributed by atoms with Gasteiger partial charge in [-0.3, -0.25) is 9.59 Å². The number of carbonyl (C=O) groups is 2. The van der Waals surface area contributed by atoms with Gasteiger partial charge in [0, 0.05) is 25.2 Å². The van der Waals surface area contributed by atoms with Crippen molar-refractivity contribution in [1.82, 2.24) is 25.5 Å². The highest BCUT2D eigenvalue weighted by Crippen LogP contribution is 2.39.